The van der Waals surface area contributed by atoms with Gasteiger partial charge < -0.3 is 0 Å². The van der Waals surface area contributed by atoms with Gasteiger partial charge in [0.2, 0.25) is 0 Å². The molecule has 0 amide bonds. The fraction of sp³-hybridized carbons (Fsp3) is 0.516. The van der Waals surface area contributed by atoms with Crippen molar-refractivity contribution in [1.29, 1.82) is 0 Å². The van der Waals surface area contributed by atoms with Gasteiger partial charge in [-0.3, -0.25) is 4.98 Å². The normalized spacial score (nSPS) is 13.1. The zero-order valence-corrected chi connectivity index (χ0v) is 21.2. The van der Waals surface area contributed by atoms with E-state index >= 15 is 0 Å². The number of hydrogen-bond donors (Lipinski definition) is 0. The molecule has 0 saturated carbocycles. The number of aromatic nitrogens is 1. The Bertz CT molecular complexity index is 731. The Balaban J connectivity index is 2.04. The maximum Gasteiger partial charge on any atom is 0.0302 e. The van der Waals surface area contributed by atoms with Crippen LogP contribution >= 0.6 is 0 Å². The lowest BCUT2D eigenvalue weighted by molar-refractivity contribution is 0.292. The molecule has 0 fully saturated rings. The second-order valence-electron chi connectivity index (χ2n) is 9.42. The molecule has 0 aliphatic rings. The van der Waals surface area contributed by atoms with Crippen molar-refractivity contribution in [3.05, 3.63) is 90.3 Å². The van der Waals surface area contributed by atoms with Crippen LogP contribution in [0.15, 0.2) is 79.2 Å². The SMILES string of the molecule is CC/C=C\C/C=C\C/C=C\C/C=C\C/C=C\CCCC(C)(C)CCCc1cnccc1C. The highest BCUT2D eigenvalue weighted by atomic mass is 14.6. The predicted octanol–water partition coefficient (Wildman–Crippen LogP) is 9.66. The Hall–Kier alpha value is -2.15. The second kappa shape index (κ2) is 18.4. The maximum atomic E-state index is 4.27. The second-order valence-corrected chi connectivity index (χ2v) is 9.42. The van der Waals surface area contributed by atoms with E-state index in [1.807, 2.05) is 12.4 Å². The van der Waals surface area contributed by atoms with Crippen LogP contribution in [0.25, 0.3) is 0 Å². The van der Waals surface area contributed by atoms with Gasteiger partial charge in [-0.1, -0.05) is 81.5 Å². The van der Waals surface area contributed by atoms with E-state index in [-0.39, 0.29) is 0 Å². The Morgan fingerprint density at radius 2 is 1.28 bits per heavy atom. The van der Waals surface area contributed by atoms with Crippen molar-refractivity contribution in [3.8, 4) is 0 Å². The summed E-state index contributed by atoms with van der Waals surface area (Å²) >= 11 is 0. The number of pyridine rings is 1. The standard InChI is InChI=1S/C31H47N/c1-5-6-7-8-9-10-11-12-13-14-15-16-17-18-19-20-21-25-31(3,4)26-22-23-30-28-32-27-24-29(30)2/h6-7,9-10,12-13,15-16,18-19,24,27-28H,5,8,11,14,17,20-23,25-26H2,1-4H3/b7-6-,10-9-,13-12-,16-15-,19-18-. The zero-order chi connectivity index (χ0) is 23.3. The molecule has 0 aromatic carbocycles. The summed E-state index contributed by atoms with van der Waals surface area (Å²) in [6.07, 6.45) is 39.3. The number of aryl methyl sites for hydroxylation is 2. The monoisotopic (exact) mass is 433 g/mol. The minimum absolute atomic E-state index is 0.428. The van der Waals surface area contributed by atoms with Gasteiger partial charge in [0.1, 0.15) is 0 Å². The van der Waals surface area contributed by atoms with Crippen molar-refractivity contribution >= 4 is 0 Å². The molecule has 32 heavy (non-hydrogen) atoms. The van der Waals surface area contributed by atoms with Crippen molar-refractivity contribution in [3.63, 3.8) is 0 Å². The summed E-state index contributed by atoms with van der Waals surface area (Å²) in [6.45, 7) is 9.19. The summed E-state index contributed by atoms with van der Waals surface area (Å²) in [5.74, 6) is 0. The van der Waals surface area contributed by atoms with E-state index in [0.29, 0.717) is 5.41 Å². The van der Waals surface area contributed by atoms with Gasteiger partial charge in [-0.05, 0) is 100 Å². The summed E-state index contributed by atoms with van der Waals surface area (Å²) in [5, 5.41) is 0. The molecule has 0 spiro atoms. The third kappa shape index (κ3) is 15.6. The van der Waals surface area contributed by atoms with Crippen LogP contribution in [-0.2, 0) is 6.42 Å². The molecule has 0 unspecified atom stereocenters. The average Bonchev–Trinajstić information content (AvgIpc) is 2.77. The third-order valence-electron chi connectivity index (χ3n) is 5.83. The van der Waals surface area contributed by atoms with Gasteiger partial charge in [-0.15, -0.1) is 0 Å². The number of unbranched alkanes of at least 4 members (excludes halogenated alkanes) is 1. The predicted molar refractivity (Wildman–Crippen MR) is 144 cm³/mol. The summed E-state index contributed by atoms with van der Waals surface area (Å²) in [5.41, 5.74) is 3.20. The van der Waals surface area contributed by atoms with Gasteiger partial charge in [-0.25, -0.2) is 0 Å². The topological polar surface area (TPSA) is 12.9 Å². The number of hydrogen-bond acceptors (Lipinski definition) is 1. The Labute approximate surface area is 199 Å². The first-order chi connectivity index (χ1) is 15.5. The van der Waals surface area contributed by atoms with Gasteiger partial charge in [-0.2, -0.15) is 0 Å². The first kappa shape index (κ1) is 27.9. The van der Waals surface area contributed by atoms with E-state index in [0.717, 1.165) is 38.5 Å². The Morgan fingerprint density at radius 1 is 0.750 bits per heavy atom. The highest BCUT2D eigenvalue weighted by Gasteiger charge is 2.16. The molecule has 0 aliphatic heterocycles. The summed E-state index contributed by atoms with van der Waals surface area (Å²) in [4.78, 5) is 4.27. The fourth-order valence-electron chi connectivity index (χ4n) is 3.71. The lowest BCUT2D eigenvalue weighted by atomic mass is 9.82. The lowest BCUT2D eigenvalue weighted by Crippen LogP contribution is -2.11. The van der Waals surface area contributed by atoms with Crippen molar-refractivity contribution in [2.75, 3.05) is 0 Å². The Morgan fingerprint density at radius 3 is 1.84 bits per heavy atom. The number of rotatable bonds is 17. The highest BCUT2D eigenvalue weighted by Crippen LogP contribution is 2.30. The molecule has 176 valence electrons. The summed E-state index contributed by atoms with van der Waals surface area (Å²) in [6, 6.07) is 2.12. The molecule has 0 radical (unpaired) electrons. The maximum absolute atomic E-state index is 4.27. The molecule has 1 heteroatoms. The third-order valence-corrected chi connectivity index (χ3v) is 5.83. The van der Waals surface area contributed by atoms with Crippen molar-refractivity contribution in [2.45, 2.75) is 98.3 Å². The molecular formula is C31H47N. The van der Waals surface area contributed by atoms with Crippen LogP contribution in [0.2, 0.25) is 0 Å². The first-order valence-electron chi connectivity index (χ1n) is 12.7. The Kier molecular flexibility index (Phi) is 16.1. The van der Waals surface area contributed by atoms with Crippen molar-refractivity contribution in [1.82, 2.24) is 4.98 Å². The molecular weight excluding hydrogens is 386 g/mol. The van der Waals surface area contributed by atoms with Gasteiger partial charge >= 0.3 is 0 Å². The number of allylic oxidation sites excluding steroid dienone is 10. The van der Waals surface area contributed by atoms with Gasteiger partial charge in [0.05, 0.1) is 0 Å². The summed E-state index contributed by atoms with van der Waals surface area (Å²) in [7, 11) is 0. The van der Waals surface area contributed by atoms with Crippen LogP contribution in [0.1, 0.15) is 96.1 Å². The van der Waals surface area contributed by atoms with Crippen LogP contribution in [0.3, 0.4) is 0 Å². The van der Waals surface area contributed by atoms with Crippen LogP contribution in [0, 0.1) is 12.3 Å². The fourth-order valence-corrected chi connectivity index (χ4v) is 3.71. The van der Waals surface area contributed by atoms with Gasteiger partial charge in [0.15, 0.2) is 0 Å². The first-order valence-corrected chi connectivity index (χ1v) is 12.7. The molecule has 1 rings (SSSR count). The minimum atomic E-state index is 0.428. The molecule has 1 nitrogen and oxygen atoms in total. The molecule has 0 atom stereocenters. The van der Waals surface area contributed by atoms with Crippen LogP contribution in [-0.4, -0.2) is 4.98 Å². The minimum Gasteiger partial charge on any atom is -0.264 e. The smallest absolute Gasteiger partial charge is 0.0302 e. The van der Waals surface area contributed by atoms with Crippen LogP contribution in [0.5, 0.6) is 0 Å². The molecule has 0 N–H and O–H groups in total. The quantitative estimate of drug-likeness (QED) is 0.176. The van der Waals surface area contributed by atoms with E-state index in [1.165, 1.54) is 43.2 Å². The highest BCUT2D eigenvalue weighted by molar-refractivity contribution is 5.21. The van der Waals surface area contributed by atoms with E-state index in [1.54, 1.807) is 0 Å². The molecule has 1 aromatic rings. The van der Waals surface area contributed by atoms with Gasteiger partial charge in [0, 0.05) is 12.4 Å². The molecule has 1 heterocycles. The van der Waals surface area contributed by atoms with Crippen LogP contribution in [0.4, 0.5) is 0 Å². The average molecular weight is 434 g/mol. The molecule has 0 aliphatic carbocycles. The van der Waals surface area contributed by atoms with Crippen molar-refractivity contribution in [2.24, 2.45) is 5.41 Å². The van der Waals surface area contributed by atoms with Gasteiger partial charge in [0.25, 0.3) is 0 Å². The summed E-state index contributed by atoms with van der Waals surface area (Å²) < 4.78 is 0. The lowest BCUT2D eigenvalue weighted by Gasteiger charge is -2.24. The van der Waals surface area contributed by atoms with E-state index < -0.39 is 0 Å². The van der Waals surface area contributed by atoms with E-state index in [4.69, 9.17) is 0 Å². The largest absolute Gasteiger partial charge is 0.264 e. The molecule has 1 aromatic heterocycles. The zero-order valence-electron chi connectivity index (χ0n) is 21.2. The number of nitrogens with zero attached hydrogens (tertiary/aromatic N) is 1. The molecule has 0 saturated heterocycles. The molecule has 0 bridgehead atoms. The van der Waals surface area contributed by atoms with E-state index in [9.17, 15) is 0 Å². The van der Waals surface area contributed by atoms with Crippen LogP contribution < -0.4 is 0 Å². The van der Waals surface area contributed by atoms with Crippen molar-refractivity contribution < 1.29 is 0 Å². The van der Waals surface area contributed by atoms with E-state index in [2.05, 4.69) is 99.5 Å².